The van der Waals surface area contributed by atoms with E-state index in [0.717, 1.165) is 5.56 Å². The van der Waals surface area contributed by atoms with Crippen molar-refractivity contribution in [2.24, 2.45) is 5.92 Å². The number of nitrogens with zero attached hydrogens (tertiary/aromatic N) is 3. The number of nitrogens with one attached hydrogen (secondary N) is 2. The van der Waals surface area contributed by atoms with Crippen LogP contribution in [0.3, 0.4) is 0 Å². The number of fused-ring (bicyclic) bond motifs is 1. The molecule has 1 aliphatic rings. The Balaban J connectivity index is 1.60. The number of halogens is 4. The van der Waals surface area contributed by atoms with Crippen molar-refractivity contribution in [1.82, 2.24) is 24.9 Å². The van der Waals surface area contributed by atoms with Crippen LogP contribution in [-0.2, 0) is 9.59 Å². The molecule has 0 aliphatic carbocycles. The summed E-state index contributed by atoms with van der Waals surface area (Å²) in [7, 11) is 0. The van der Waals surface area contributed by atoms with Crippen molar-refractivity contribution in [2.75, 3.05) is 13.1 Å². The first kappa shape index (κ1) is 27.4. The molecule has 0 unspecified atom stereocenters. The zero-order valence-electron chi connectivity index (χ0n) is 20.7. The Kier molecular flexibility index (Phi) is 7.96. The number of amides is 3. The van der Waals surface area contributed by atoms with Crippen LogP contribution in [0.5, 0.6) is 0 Å². The maximum atomic E-state index is 13.5. The van der Waals surface area contributed by atoms with Gasteiger partial charge in [-0.1, -0.05) is 37.6 Å². The molecule has 1 aliphatic heterocycles. The molecule has 1 aromatic carbocycles. The topological polar surface area (TPSA) is 95.8 Å². The maximum absolute atomic E-state index is 13.5. The number of aromatic nitrogens is 2. The van der Waals surface area contributed by atoms with E-state index in [2.05, 4.69) is 10.3 Å². The van der Waals surface area contributed by atoms with Crippen molar-refractivity contribution in [2.45, 2.75) is 44.4 Å². The van der Waals surface area contributed by atoms with Crippen molar-refractivity contribution in [3.8, 4) is 0 Å². The molecule has 38 heavy (non-hydrogen) atoms. The Morgan fingerprint density at radius 2 is 1.92 bits per heavy atom. The van der Waals surface area contributed by atoms with Crippen LogP contribution in [0.4, 0.5) is 13.2 Å². The van der Waals surface area contributed by atoms with Crippen LogP contribution in [0.1, 0.15) is 42.1 Å². The molecule has 0 spiro atoms. The number of pyridine rings is 1. The molecule has 2 N–H and O–H groups in total. The van der Waals surface area contributed by atoms with Crippen LogP contribution in [0.2, 0.25) is 5.02 Å². The molecular formula is C26H27ClF3N5O3. The van der Waals surface area contributed by atoms with Gasteiger partial charge in [0.05, 0.1) is 29.6 Å². The molecule has 8 nitrogen and oxygen atoms in total. The molecule has 4 rings (SSSR count). The third-order valence-corrected chi connectivity index (χ3v) is 6.91. The largest absolute Gasteiger partial charge is 0.471 e. The monoisotopic (exact) mass is 549 g/mol. The van der Waals surface area contributed by atoms with Crippen LogP contribution in [-0.4, -0.2) is 63.4 Å². The van der Waals surface area contributed by atoms with Crippen molar-refractivity contribution < 1.29 is 27.6 Å². The quantitative estimate of drug-likeness (QED) is 0.489. The number of hydrogen-bond donors (Lipinski definition) is 2. The van der Waals surface area contributed by atoms with E-state index in [9.17, 15) is 27.6 Å². The number of alkyl halides is 3. The lowest BCUT2D eigenvalue weighted by molar-refractivity contribution is -0.175. The zero-order chi connectivity index (χ0) is 27.6. The van der Waals surface area contributed by atoms with Gasteiger partial charge in [0.15, 0.2) is 0 Å². The first-order valence-electron chi connectivity index (χ1n) is 12.1. The summed E-state index contributed by atoms with van der Waals surface area (Å²) >= 11 is 6.20. The second-order valence-corrected chi connectivity index (χ2v) is 10.1. The highest BCUT2D eigenvalue weighted by Gasteiger charge is 2.42. The van der Waals surface area contributed by atoms with Gasteiger partial charge in [-0.3, -0.25) is 14.4 Å². The Bertz CT molecular complexity index is 1340. The SMILES string of the molecule is CC(C)[C@@H](NC(=O)C(F)(F)F)C(=O)N[C@@H]1CN(C(=O)c2cccn3cncc23)CC[C@H]1c1cccc(Cl)c1. The highest BCUT2D eigenvalue weighted by Crippen LogP contribution is 2.31. The Morgan fingerprint density at radius 1 is 1.16 bits per heavy atom. The van der Waals surface area contributed by atoms with Gasteiger partial charge in [-0.2, -0.15) is 13.2 Å². The van der Waals surface area contributed by atoms with E-state index in [-0.39, 0.29) is 18.4 Å². The van der Waals surface area contributed by atoms with Gasteiger partial charge in [-0.25, -0.2) is 4.98 Å². The van der Waals surface area contributed by atoms with Crippen LogP contribution in [0.25, 0.3) is 5.52 Å². The number of carbonyl (C=O) groups is 3. The number of piperidine rings is 1. The van der Waals surface area contributed by atoms with E-state index in [0.29, 0.717) is 29.1 Å². The van der Waals surface area contributed by atoms with E-state index in [4.69, 9.17) is 11.6 Å². The molecule has 3 aromatic rings. The molecular weight excluding hydrogens is 523 g/mol. The first-order chi connectivity index (χ1) is 18.0. The number of likely N-dealkylation sites (tertiary alicyclic amines) is 1. The van der Waals surface area contributed by atoms with Gasteiger partial charge in [-0.05, 0) is 42.2 Å². The summed E-state index contributed by atoms with van der Waals surface area (Å²) in [5, 5.41) is 5.11. The minimum Gasteiger partial charge on any atom is -0.349 e. The van der Waals surface area contributed by atoms with Gasteiger partial charge >= 0.3 is 12.1 Å². The predicted octanol–water partition coefficient (Wildman–Crippen LogP) is 3.81. The number of imidazole rings is 1. The molecule has 3 heterocycles. The van der Waals surface area contributed by atoms with Gasteiger partial charge in [0.1, 0.15) is 6.04 Å². The summed E-state index contributed by atoms with van der Waals surface area (Å²) in [5.74, 6) is -4.09. The molecule has 0 radical (unpaired) electrons. The standard InChI is InChI=1S/C26H27ClF3N5O3/c1-15(2)22(33-25(38)26(28,29)30)23(36)32-20-13-34(10-8-18(20)16-5-3-6-17(27)11-16)24(37)19-7-4-9-35-14-31-12-21(19)35/h3-7,9,11-12,14-15,18,20,22H,8,10,13H2,1-2H3,(H,32,36)(H,33,38)/t18-,20+,22+/m0/s1. The van der Waals surface area contributed by atoms with Crippen LogP contribution in [0.15, 0.2) is 55.1 Å². The van der Waals surface area contributed by atoms with E-state index < -0.39 is 36.0 Å². The first-order valence-corrected chi connectivity index (χ1v) is 12.5. The fraction of sp³-hybridized carbons (Fsp3) is 0.385. The molecule has 12 heteroatoms. The second kappa shape index (κ2) is 11.0. The molecule has 3 atom stereocenters. The number of benzene rings is 1. The molecule has 202 valence electrons. The van der Waals surface area contributed by atoms with Gasteiger partial charge in [0.2, 0.25) is 5.91 Å². The van der Waals surface area contributed by atoms with Gasteiger partial charge in [-0.15, -0.1) is 0 Å². The third-order valence-electron chi connectivity index (χ3n) is 6.68. The summed E-state index contributed by atoms with van der Waals surface area (Å²) in [6, 6.07) is 8.46. The van der Waals surface area contributed by atoms with Crippen molar-refractivity contribution in [3.05, 3.63) is 71.3 Å². The van der Waals surface area contributed by atoms with Crippen LogP contribution in [0, 0.1) is 5.92 Å². The van der Waals surface area contributed by atoms with Gasteiger partial charge in [0, 0.05) is 30.2 Å². The third kappa shape index (κ3) is 5.93. The molecule has 1 fully saturated rings. The number of hydrogen-bond acceptors (Lipinski definition) is 4. The fourth-order valence-corrected chi connectivity index (χ4v) is 4.95. The fourth-order valence-electron chi connectivity index (χ4n) is 4.75. The maximum Gasteiger partial charge on any atom is 0.471 e. The molecule has 3 amide bonds. The predicted molar refractivity (Wildman–Crippen MR) is 135 cm³/mol. The number of carbonyl (C=O) groups excluding carboxylic acids is 3. The average Bonchev–Trinajstić information content (AvgIpc) is 3.35. The lowest BCUT2D eigenvalue weighted by Gasteiger charge is -2.40. The van der Waals surface area contributed by atoms with E-state index in [1.165, 1.54) is 13.8 Å². The van der Waals surface area contributed by atoms with Crippen LogP contribution < -0.4 is 10.6 Å². The van der Waals surface area contributed by atoms with Gasteiger partial charge in [0.25, 0.3) is 5.91 Å². The van der Waals surface area contributed by atoms with Crippen molar-refractivity contribution in [1.29, 1.82) is 0 Å². The van der Waals surface area contributed by atoms with Crippen molar-refractivity contribution in [3.63, 3.8) is 0 Å². The van der Waals surface area contributed by atoms with E-state index in [1.807, 2.05) is 6.07 Å². The van der Waals surface area contributed by atoms with Gasteiger partial charge < -0.3 is 19.9 Å². The van der Waals surface area contributed by atoms with Crippen LogP contribution >= 0.6 is 11.6 Å². The summed E-state index contributed by atoms with van der Waals surface area (Å²) < 4.78 is 40.4. The Morgan fingerprint density at radius 3 is 2.61 bits per heavy atom. The van der Waals surface area contributed by atoms with Crippen molar-refractivity contribution >= 4 is 34.8 Å². The minimum atomic E-state index is -5.13. The molecule has 1 saturated heterocycles. The van der Waals surface area contributed by atoms with E-state index >= 15 is 0 Å². The zero-order valence-corrected chi connectivity index (χ0v) is 21.5. The average molecular weight is 550 g/mol. The highest BCUT2D eigenvalue weighted by atomic mass is 35.5. The molecule has 0 saturated carbocycles. The number of rotatable bonds is 6. The Labute approximate surface area is 222 Å². The molecule has 2 aromatic heterocycles. The second-order valence-electron chi connectivity index (χ2n) is 9.62. The van der Waals surface area contributed by atoms with E-state index in [1.54, 1.807) is 63.7 Å². The minimum absolute atomic E-state index is 0.106. The normalized spacial score (nSPS) is 18.9. The Hall–Kier alpha value is -3.60. The summed E-state index contributed by atoms with van der Waals surface area (Å²) in [6.45, 7) is 3.57. The smallest absolute Gasteiger partial charge is 0.349 e. The summed E-state index contributed by atoms with van der Waals surface area (Å²) in [4.78, 5) is 44.0. The molecule has 0 bridgehead atoms. The summed E-state index contributed by atoms with van der Waals surface area (Å²) in [6.07, 6.45) is 0.290. The highest BCUT2D eigenvalue weighted by molar-refractivity contribution is 6.30. The lowest BCUT2D eigenvalue weighted by Crippen LogP contribution is -2.59. The summed E-state index contributed by atoms with van der Waals surface area (Å²) in [5.41, 5.74) is 1.90. The lowest BCUT2D eigenvalue weighted by atomic mass is 9.84.